The Morgan fingerprint density at radius 3 is 1.09 bits per heavy atom. The number of aliphatic hydroxyl groups excluding tert-OH is 1. The van der Waals surface area contributed by atoms with Gasteiger partial charge in [0.15, 0.2) is 6.10 Å². The average Bonchev–Trinajstić information content (AvgIpc) is 3.39. The Morgan fingerprint density at radius 1 is 0.392 bits per heavy atom. The fourth-order valence-electron chi connectivity index (χ4n) is 7.33. The Hall–Kier alpha value is -3.86. The Bertz CT molecular complexity index is 1660. The summed E-state index contributed by atoms with van der Waals surface area (Å²) in [5, 5.41) is 9.80. The fourth-order valence-corrected chi connectivity index (χ4v) is 8.12. The van der Waals surface area contributed by atoms with E-state index in [-0.39, 0.29) is 25.9 Å². The second-order valence-corrected chi connectivity index (χ2v) is 20.1. The number of allylic oxidation sites excluding steroid dienone is 18. The number of carbonyl (C=O) groups excluding carboxylic acids is 3. The Kier molecular flexibility index (Phi) is 52.5. The smallest absolute Gasteiger partial charge is 0.462 e. The van der Waals surface area contributed by atoms with Crippen molar-refractivity contribution in [3.05, 3.63) is 109 Å². The molecule has 11 nitrogen and oxygen atoms in total. The minimum Gasteiger partial charge on any atom is -0.462 e. The van der Waals surface area contributed by atoms with Crippen molar-refractivity contribution in [1.82, 2.24) is 0 Å². The van der Waals surface area contributed by atoms with Crippen molar-refractivity contribution in [2.75, 3.05) is 26.4 Å². The third-order valence-corrected chi connectivity index (χ3v) is 12.6. The van der Waals surface area contributed by atoms with Gasteiger partial charge in [0.05, 0.1) is 19.8 Å². The highest BCUT2D eigenvalue weighted by Gasteiger charge is 2.28. The third kappa shape index (κ3) is 53.0. The second kappa shape index (κ2) is 55.4. The topological polar surface area (TPSA) is 155 Å². The summed E-state index contributed by atoms with van der Waals surface area (Å²) in [5.74, 6) is -1.54. The van der Waals surface area contributed by atoms with Crippen molar-refractivity contribution in [3.63, 3.8) is 0 Å². The van der Waals surface area contributed by atoms with Gasteiger partial charge >= 0.3 is 25.7 Å². The van der Waals surface area contributed by atoms with Gasteiger partial charge in [0.1, 0.15) is 12.7 Å². The number of hydrogen-bond acceptors (Lipinski definition) is 10. The summed E-state index contributed by atoms with van der Waals surface area (Å²) < 4.78 is 39.5. The summed E-state index contributed by atoms with van der Waals surface area (Å²) in [6, 6.07) is 0. The van der Waals surface area contributed by atoms with Crippen molar-refractivity contribution < 1.29 is 52.2 Å². The van der Waals surface area contributed by atoms with Gasteiger partial charge < -0.3 is 24.2 Å². The van der Waals surface area contributed by atoms with E-state index < -0.39 is 57.8 Å². The number of unbranched alkanes of at least 4 members (excludes halogenated alkanes) is 17. The zero-order valence-electron chi connectivity index (χ0n) is 46.5. The molecule has 0 aliphatic rings. The molecule has 0 fully saturated rings. The lowest BCUT2D eigenvalue weighted by molar-refractivity contribution is -0.161. The van der Waals surface area contributed by atoms with Crippen LogP contribution in [0.2, 0.25) is 0 Å². The summed E-state index contributed by atoms with van der Waals surface area (Å²) in [4.78, 5) is 48.5. The molecule has 3 atom stereocenters. The molecule has 0 aromatic carbocycles. The number of rotatable bonds is 52. The molecule has 0 radical (unpaired) electrons. The summed E-state index contributed by atoms with van der Waals surface area (Å²) >= 11 is 0. The van der Waals surface area contributed by atoms with E-state index in [2.05, 4.69) is 130 Å². The van der Waals surface area contributed by atoms with E-state index in [9.17, 15) is 28.9 Å². The van der Waals surface area contributed by atoms with Gasteiger partial charge in [-0.2, -0.15) is 0 Å². The predicted molar refractivity (Wildman–Crippen MR) is 307 cm³/mol. The highest BCUT2D eigenvalue weighted by Crippen LogP contribution is 2.43. The van der Waals surface area contributed by atoms with E-state index in [4.69, 9.17) is 23.3 Å². The highest BCUT2D eigenvalue weighted by molar-refractivity contribution is 7.47. The molecule has 0 heterocycles. The van der Waals surface area contributed by atoms with Crippen molar-refractivity contribution in [3.8, 4) is 0 Å². The fraction of sp³-hybridized carbons (Fsp3) is 0.661. The Labute approximate surface area is 450 Å². The van der Waals surface area contributed by atoms with Crippen LogP contribution in [0.25, 0.3) is 0 Å². The van der Waals surface area contributed by atoms with E-state index in [1.807, 2.05) is 0 Å². The molecule has 74 heavy (non-hydrogen) atoms. The molecular weight excluding hydrogens is 952 g/mol. The van der Waals surface area contributed by atoms with Crippen LogP contribution in [0.4, 0.5) is 0 Å². The molecule has 0 aromatic heterocycles. The lowest BCUT2D eigenvalue weighted by Gasteiger charge is -2.21. The lowest BCUT2D eigenvalue weighted by Crippen LogP contribution is -2.30. The van der Waals surface area contributed by atoms with E-state index in [1.54, 1.807) is 0 Å². The SMILES string of the molecule is CC/C=C\C/C=C\C/C=C\C/C=C\CCCCCCCCC(=O)OCC(COP(=O)(O)OCC(CO)OC(=O)CCCCC/C=C\C/C=C\C/C=C\CC)OC(=O)CCCCCCC/C=C\C/C=C\CCCCC. The van der Waals surface area contributed by atoms with E-state index in [1.165, 1.54) is 19.3 Å². The normalized spacial score (nSPS) is 14.2. The van der Waals surface area contributed by atoms with Crippen LogP contribution in [0.15, 0.2) is 109 Å². The van der Waals surface area contributed by atoms with Crippen molar-refractivity contribution in [2.45, 2.75) is 238 Å². The molecule has 12 heteroatoms. The maximum absolute atomic E-state index is 12.9. The van der Waals surface area contributed by atoms with Gasteiger partial charge in [-0.05, 0) is 122 Å². The molecule has 2 N–H and O–H groups in total. The number of phosphoric acid groups is 1. The van der Waals surface area contributed by atoms with E-state index in [0.717, 1.165) is 148 Å². The van der Waals surface area contributed by atoms with Crippen LogP contribution in [0.1, 0.15) is 226 Å². The van der Waals surface area contributed by atoms with Crippen LogP contribution in [0.3, 0.4) is 0 Å². The molecule has 0 aliphatic heterocycles. The maximum Gasteiger partial charge on any atom is 0.472 e. The van der Waals surface area contributed by atoms with Gasteiger partial charge in [0, 0.05) is 19.3 Å². The number of esters is 3. The van der Waals surface area contributed by atoms with Crippen molar-refractivity contribution >= 4 is 25.7 Å². The molecule has 0 amide bonds. The lowest BCUT2D eigenvalue weighted by atomic mass is 10.1. The number of carbonyl (C=O) groups is 3. The molecule has 0 saturated carbocycles. The zero-order valence-corrected chi connectivity index (χ0v) is 47.4. The first kappa shape index (κ1) is 70.1. The highest BCUT2D eigenvalue weighted by atomic mass is 31.2. The first-order valence-corrected chi connectivity index (χ1v) is 30.3. The number of aliphatic hydroxyl groups is 1. The summed E-state index contributed by atoms with van der Waals surface area (Å²) in [5.41, 5.74) is 0. The van der Waals surface area contributed by atoms with Gasteiger partial charge in [0.25, 0.3) is 0 Å². The van der Waals surface area contributed by atoms with Crippen LogP contribution in [0, 0.1) is 0 Å². The molecule has 0 aromatic rings. The first-order valence-electron chi connectivity index (χ1n) is 28.8. The minimum atomic E-state index is -4.77. The summed E-state index contributed by atoms with van der Waals surface area (Å²) in [6.45, 7) is 4.31. The average molecular weight is 1060 g/mol. The van der Waals surface area contributed by atoms with Gasteiger partial charge in [-0.25, -0.2) is 4.57 Å². The maximum atomic E-state index is 12.9. The molecule has 0 saturated heterocycles. The third-order valence-electron chi connectivity index (χ3n) is 11.7. The quantitative estimate of drug-likeness (QED) is 0.0197. The minimum absolute atomic E-state index is 0.135. The predicted octanol–water partition coefficient (Wildman–Crippen LogP) is 17.0. The van der Waals surface area contributed by atoms with Crippen LogP contribution in [-0.2, 0) is 42.2 Å². The molecule has 0 aliphatic carbocycles. The number of ether oxygens (including phenoxy) is 3. The van der Waals surface area contributed by atoms with Gasteiger partial charge in [-0.1, -0.05) is 194 Å². The van der Waals surface area contributed by atoms with Gasteiger partial charge in [0.2, 0.25) is 0 Å². The van der Waals surface area contributed by atoms with Crippen molar-refractivity contribution in [2.24, 2.45) is 0 Å². The molecule has 0 spiro atoms. The molecule has 3 unspecified atom stereocenters. The first-order chi connectivity index (χ1) is 36.2. The summed E-state index contributed by atoms with van der Waals surface area (Å²) in [6.07, 6.45) is 66.2. The summed E-state index contributed by atoms with van der Waals surface area (Å²) in [7, 11) is -4.77. The zero-order chi connectivity index (χ0) is 54.1. The van der Waals surface area contributed by atoms with Gasteiger partial charge in [-0.3, -0.25) is 23.4 Å². The van der Waals surface area contributed by atoms with E-state index in [0.29, 0.717) is 19.3 Å². The molecule has 422 valence electrons. The standard InChI is InChI=1S/C62H103O11P/c1-4-7-10-13-16-19-22-25-27-28-29-30-32-34-36-39-42-45-48-51-60(64)69-55-59(73-62(66)53-50-47-44-41-38-35-31-26-23-20-17-14-11-8-5-2)57-71-74(67,68)70-56-58(54-63)72-61(65)52-49-46-43-40-37-33-24-21-18-15-12-9-6-3/h7,9-10,12,16-21,25-27,29-31,33,37,58-59,63H,4-6,8,11,13-15,22-24,28,32,34-36,38-57H2,1-3H3,(H,67,68)/b10-7-,12-9-,19-16-,20-17-,21-18-,27-25-,30-29-,31-26-,37-33-. The Balaban J connectivity index is 4.80. The molecular formula is C62H103O11P. The van der Waals surface area contributed by atoms with Crippen LogP contribution in [0.5, 0.6) is 0 Å². The number of phosphoric ester groups is 1. The number of hydrogen-bond donors (Lipinski definition) is 2. The molecule has 0 bridgehead atoms. The largest absolute Gasteiger partial charge is 0.472 e. The Morgan fingerprint density at radius 2 is 0.703 bits per heavy atom. The van der Waals surface area contributed by atoms with Crippen LogP contribution >= 0.6 is 7.82 Å². The second-order valence-electron chi connectivity index (χ2n) is 18.7. The molecule has 0 rings (SSSR count). The van der Waals surface area contributed by atoms with Crippen molar-refractivity contribution in [1.29, 1.82) is 0 Å². The van der Waals surface area contributed by atoms with Crippen LogP contribution in [-0.4, -0.2) is 66.5 Å². The van der Waals surface area contributed by atoms with Crippen LogP contribution < -0.4 is 0 Å². The van der Waals surface area contributed by atoms with Gasteiger partial charge in [-0.15, -0.1) is 0 Å². The van der Waals surface area contributed by atoms with E-state index >= 15 is 0 Å². The monoisotopic (exact) mass is 1050 g/mol.